The summed E-state index contributed by atoms with van der Waals surface area (Å²) in [6.45, 7) is 3.85. The molecule has 11 heteroatoms. The maximum Gasteiger partial charge on any atom is 0.252 e. The molecule has 0 saturated carbocycles. The van der Waals surface area contributed by atoms with E-state index in [1.807, 2.05) is 13.8 Å². The van der Waals surface area contributed by atoms with E-state index < -0.39 is 11.7 Å². The minimum atomic E-state index is -0.807. The zero-order valence-corrected chi connectivity index (χ0v) is 16.7. The van der Waals surface area contributed by atoms with Gasteiger partial charge in [0, 0.05) is 30.0 Å². The zero-order chi connectivity index (χ0) is 21.7. The fourth-order valence-electron chi connectivity index (χ4n) is 2.91. The van der Waals surface area contributed by atoms with Gasteiger partial charge in [-0.25, -0.2) is 24.0 Å². The van der Waals surface area contributed by atoms with Gasteiger partial charge in [-0.15, -0.1) is 0 Å². The number of halogens is 1. The molecule has 6 N–H and O–H groups in total. The second-order valence-electron chi connectivity index (χ2n) is 6.85. The van der Waals surface area contributed by atoms with Crippen LogP contribution in [0.25, 0.3) is 5.82 Å². The van der Waals surface area contributed by atoms with Crippen molar-refractivity contribution >= 4 is 23.2 Å². The maximum atomic E-state index is 14.6. The number of anilines is 3. The molecule has 3 heterocycles. The lowest BCUT2D eigenvalue weighted by atomic mass is 10.1. The quantitative estimate of drug-likeness (QED) is 0.416. The maximum absolute atomic E-state index is 14.6. The summed E-state index contributed by atoms with van der Waals surface area (Å²) in [5.74, 6) is -0.892. The van der Waals surface area contributed by atoms with Crippen LogP contribution in [0, 0.1) is 5.82 Å². The van der Waals surface area contributed by atoms with Crippen LogP contribution in [0.4, 0.5) is 21.7 Å². The number of carbonyl (C=O) groups excluding carboxylic acids is 1. The number of primary amides is 1. The molecule has 10 nitrogen and oxygen atoms in total. The molecule has 0 aromatic carbocycles. The van der Waals surface area contributed by atoms with Crippen molar-refractivity contribution in [2.45, 2.75) is 38.8 Å². The number of amides is 1. The molecule has 0 bridgehead atoms. The summed E-state index contributed by atoms with van der Waals surface area (Å²) in [5, 5.41) is 10.1. The first-order chi connectivity index (χ1) is 14.4. The van der Waals surface area contributed by atoms with E-state index in [2.05, 4.69) is 30.7 Å². The Morgan fingerprint density at radius 1 is 1.33 bits per heavy atom. The molecule has 3 rings (SSSR count). The molecule has 0 saturated heterocycles. The molecule has 2 unspecified atom stereocenters. The number of carbonyl (C=O) groups is 1. The molecule has 0 spiro atoms. The summed E-state index contributed by atoms with van der Waals surface area (Å²) >= 11 is 0. The van der Waals surface area contributed by atoms with E-state index in [0.717, 1.165) is 18.9 Å². The minimum absolute atomic E-state index is 0.0104. The van der Waals surface area contributed by atoms with Gasteiger partial charge in [0.2, 0.25) is 0 Å². The Balaban J connectivity index is 1.95. The van der Waals surface area contributed by atoms with Gasteiger partial charge in [-0.05, 0) is 25.5 Å². The molecule has 0 aliphatic carbocycles. The molecule has 2 atom stereocenters. The summed E-state index contributed by atoms with van der Waals surface area (Å²) in [5.41, 5.74) is 11.9. The largest absolute Gasteiger partial charge is 0.365 e. The lowest BCUT2D eigenvalue weighted by Gasteiger charge is -2.23. The monoisotopic (exact) mass is 413 g/mol. The van der Waals surface area contributed by atoms with E-state index in [-0.39, 0.29) is 29.3 Å². The molecule has 3 aromatic heterocycles. The normalized spacial score (nSPS) is 12.9. The molecule has 0 radical (unpaired) electrons. The van der Waals surface area contributed by atoms with Crippen molar-refractivity contribution in [1.82, 2.24) is 24.7 Å². The molecular formula is C19H24FN9O. The first kappa shape index (κ1) is 21.1. The van der Waals surface area contributed by atoms with Crippen molar-refractivity contribution < 1.29 is 9.18 Å². The molecule has 3 aromatic rings. The van der Waals surface area contributed by atoms with Crippen molar-refractivity contribution in [1.29, 1.82) is 0 Å². The predicted molar refractivity (Wildman–Crippen MR) is 111 cm³/mol. The summed E-state index contributed by atoms with van der Waals surface area (Å²) in [7, 11) is 0. The van der Waals surface area contributed by atoms with Crippen LogP contribution in [0.2, 0.25) is 0 Å². The number of nitrogens with one attached hydrogen (secondary N) is 2. The Kier molecular flexibility index (Phi) is 6.52. The van der Waals surface area contributed by atoms with Gasteiger partial charge in [0.1, 0.15) is 18.5 Å². The van der Waals surface area contributed by atoms with Crippen LogP contribution < -0.4 is 22.1 Å². The first-order valence-corrected chi connectivity index (χ1v) is 9.49. The van der Waals surface area contributed by atoms with Crippen molar-refractivity contribution in [2.24, 2.45) is 11.5 Å². The van der Waals surface area contributed by atoms with E-state index >= 15 is 0 Å². The Hall–Kier alpha value is -3.60. The second-order valence-corrected chi connectivity index (χ2v) is 6.85. The average molecular weight is 413 g/mol. The van der Waals surface area contributed by atoms with Gasteiger partial charge in [0.15, 0.2) is 17.5 Å². The SMILES string of the molecule is CCCC(Nc1nc(Nc2ccnc(-n3cncn3)c2)c(C(N)=O)cc1F)C(C)N. The first-order valence-electron chi connectivity index (χ1n) is 9.49. The Morgan fingerprint density at radius 2 is 2.13 bits per heavy atom. The van der Waals surface area contributed by atoms with Gasteiger partial charge in [0.25, 0.3) is 5.91 Å². The minimum Gasteiger partial charge on any atom is -0.365 e. The third kappa shape index (κ3) is 4.87. The van der Waals surface area contributed by atoms with Crippen LogP contribution in [0.15, 0.2) is 37.1 Å². The van der Waals surface area contributed by atoms with Gasteiger partial charge >= 0.3 is 0 Å². The van der Waals surface area contributed by atoms with Crippen LogP contribution in [-0.4, -0.2) is 42.7 Å². The number of nitrogens with two attached hydrogens (primary N) is 2. The zero-order valence-electron chi connectivity index (χ0n) is 16.7. The number of hydrogen-bond donors (Lipinski definition) is 4. The number of pyridine rings is 2. The van der Waals surface area contributed by atoms with Gasteiger partial charge < -0.3 is 22.1 Å². The smallest absolute Gasteiger partial charge is 0.252 e. The van der Waals surface area contributed by atoms with Crippen LogP contribution in [0.3, 0.4) is 0 Å². The lowest BCUT2D eigenvalue weighted by Crippen LogP contribution is -2.38. The summed E-state index contributed by atoms with van der Waals surface area (Å²) in [4.78, 5) is 24.2. The highest BCUT2D eigenvalue weighted by Crippen LogP contribution is 2.25. The van der Waals surface area contributed by atoms with Crippen LogP contribution in [0.1, 0.15) is 37.0 Å². The third-order valence-corrected chi connectivity index (χ3v) is 4.46. The Bertz CT molecular complexity index is 1010. The van der Waals surface area contributed by atoms with Crippen LogP contribution in [-0.2, 0) is 0 Å². The van der Waals surface area contributed by atoms with Crippen LogP contribution in [0.5, 0.6) is 0 Å². The predicted octanol–water partition coefficient (Wildman–Crippen LogP) is 1.97. The summed E-state index contributed by atoms with van der Waals surface area (Å²) < 4.78 is 16.1. The number of nitrogens with zero attached hydrogens (tertiary/aromatic N) is 5. The molecule has 0 aliphatic rings. The Morgan fingerprint density at radius 3 is 2.77 bits per heavy atom. The molecule has 30 heavy (non-hydrogen) atoms. The van der Waals surface area contributed by atoms with Crippen molar-refractivity contribution in [2.75, 3.05) is 10.6 Å². The van der Waals surface area contributed by atoms with Crippen molar-refractivity contribution in [3.8, 4) is 5.82 Å². The van der Waals surface area contributed by atoms with Gasteiger partial charge in [-0.3, -0.25) is 4.79 Å². The average Bonchev–Trinajstić information content (AvgIpc) is 3.24. The standard InChI is InChI=1S/C19H24FN9O/c1-3-4-15(11(2)21)27-19-14(20)8-13(17(22)30)18(28-19)26-12-5-6-24-16(7-12)29-10-23-9-25-29/h5-11,15H,3-4,21H2,1-2H3,(H2,22,30)(H2,24,26,27,28). The van der Waals surface area contributed by atoms with E-state index in [1.165, 1.54) is 17.3 Å². The van der Waals surface area contributed by atoms with E-state index in [4.69, 9.17) is 11.5 Å². The summed E-state index contributed by atoms with van der Waals surface area (Å²) in [6.07, 6.45) is 6.05. The fraction of sp³-hybridized carbons (Fsp3) is 0.316. The lowest BCUT2D eigenvalue weighted by molar-refractivity contribution is 0.100. The van der Waals surface area contributed by atoms with Gasteiger partial charge in [-0.2, -0.15) is 5.10 Å². The van der Waals surface area contributed by atoms with Crippen molar-refractivity contribution in [3.05, 3.63) is 48.4 Å². The number of hydrogen-bond acceptors (Lipinski definition) is 8. The molecule has 0 aliphatic heterocycles. The topological polar surface area (TPSA) is 150 Å². The fourth-order valence-corrected chi connectivity index (χ4v) is 2.91. The third-order valence-electron chi connectivity index (χ3n) is 4.46. The molecule has 1 amide bonds. The van der Waals surface area contributed by atoms with E-state index in [9.17, 15) is 9.18 Å². The highest BCUT2D eigenvalue weighted by Gasteiger charge is 2.20. The molecule has 158 valence electrons. The number of aromatic nitrogens is 5. The van der Waals surface area contributed by atoms with Gasteiger partial charge in [0.05, 0.1) is 5.56 Å². The summed E-state index contributed by atoms with van der Waals surface area (Å²) in [6, 6.07) is 4.02. The Labute approximate surface area is 172 Å². The van der Waals surface area contributed by atoms with E-state index in [0.29, 0.717) is 11.5 Å². The highest BCUT2D eigenvalue weighted by molar-refractivity contribution is 5.98. The van der Waals surface area contributed by atoms with Gasteiger partial charge in [-0.1, -0.05) is 13.3 Å². The van der Waals surface area contributed by atoms with Crippen LogP contribution >= 0.6 is 0 Å². The van der Waals surface area contributed by atoms with Crippen molar-refractivity contribution in [3.63, 3.8) is 0 Å². The second kappa shape index (κ2) is 9.27. The molecule has 0 fully saturated rings. The molecular weight excluding hydrogens is 389 g/mol. The number of rotatable bonds is 9. The van der Waals surface area contributed by atoms with E-state index in [1.54, 1.807) is 18.3 Å². The highest BCUT2D eigenvalue weighted by atomic mass is 19.1.